The van der Waals surface area contributed by atoms with Gasteiger partial charge in [0, 0.05) is 30.2 Å². The average Bonchev–Trinajstić information content (AvgIpc) is 3.12. The minimum absolute atomic E-state index is 0.156. The molecule has 0 spiro atoms. The zero-order chi connectivity index (χ0) is 19.7. The molecule has 0 amide bonds. The smallest absolute Gasteiger partial charge is 0.264 e. The number of halogens is 1. The van der Waals surface area contributed by atoms with Gasteiger partial charge >= 0.3 is 0 Å². The van der Waals surface area contributed by atoms with E-state index in [2.05, 4.69) is 16.9 Å². The molecule has 4 rings (SSSR count). The summed E-state index contributed by atoms with van der Waals surface area (Å²) < 4.78 is 16.7. The number of aryl methyl sites for hydroxylation is 2. The standard InChI is InChI=1S/C23H18FN3O/c1-3-20-13-18-6-4-5-17(8-7-16-14-25-26(2)15-16)22(18)23(28)27(20)21-11-9-19(24)10-12-21/h4-6,9-15H,3H2,1-2H3. The van der Waals surface area contributed by atoms with Gasteiger partial charge in [-0.05, 0) is 48.2 Å². The highest BCUT2D eigenvalue weighted by Crippen LogP contribution is 2.20. The first-order chi connectivity index (χ1) is 13.6. The molecular formula is C23H18FN3O. The molecule has 0 N–H and O–H groups in total. The predicted molar refractivity (Wildman–Crippen MR) is 108 cm³/mol. The first-order valence-corrected chi connectivity index (χ1v) is 9.01. The van der Waals surface area contributed by atoms with Crippen LogP contribution in [-0.4, -0.2) is 14.3 Å². The van der Waals surface area contributed by atoms with Gasteiger partial charge < -0.3 is 0 Å². The van der Waals surface area contributed by atoms with Crippen molar-refractivity contribution in [2.45, 2.75) is 13.3 Å². The highest BCUT2D eigenvalue weighted by Gasteiger charge is 2.12. The zero-order valence-corrected chi connectivity index (χ0v) is 15.6. The lowest BCUT2D eigenvalue weighted by Crippen LogP contribution is -2.22. The quantitative estimate of drug-likeness (QED) is 0.503. The lowest BCUT2D eigenvalue weighted by atomic mass is 10.0. The molecule has 4 aromatic rings. The SMILES string of the molecule is CCc1cc2cccc(C#Cc3cnn(C)c3)c2c(=O)n1-c1ccc(F)cc1. The van der Waals surface area contributed by atoms with Crippen LogP contribution >= 0.6 is 0 Å². The number of fused-ring (bicyclic) bond motifs is 1. The maximum Gasteiger partial charge on any atom is 0.264 e. The van der Waals surface area contributed by atoms with Gasteiger partial charge in [-0.15, -0.1) is 0 Å². The molecule has 0 saturated carbocycles. The maximum absolute atomic E-state index is 13.4. The Balaban J connectivity index is 1.96. The first-order valence-electron chi connectivity index (χ1n) is 9.01. The summed E-state index contributed by atoms with van der Waals surface area (Å²) in [7, 11) is 1.83. The number of nitrogens with zero attached hydrogens (tertiary/aromatic N) is 3. The molecule has 0 aliphatic rings. The minimum atomic E-state index is -0.335. The van der Waals surface area contributed by atoms with Crippen molar-refractivity contribution in [3.8, 4) is 17.5 Å². The summed E-state index contributed by atoms with van der Waals surface area (Å²) >= 11 is 0. The first kappa shape index (κ1) is 17.7. The van der Waals surface area contributed by atoms with Crippen molar-refractivity contribution in [3.63, 3.8) is 0 Å². The van der Waals surface area contributed by atoms with Crippen molar-refractivity contribution >= 4 is 10.8 Å². The highest BCUT2D eigenvalue weighted by atomic mass is 19.1. The Morgan fingerprint density at radius 3 is 2.57 bits per heavy atom. The molecule has 0 aliphatic heterocycles. The van der Waals surface area contributed by atoms with E-state index >= 15 is 0 Å². The van der Waals surface area contributed by atoms with Crippen LogP contribution in [0.25, 0.3) is 16.5 Å². The number of benzene rings is 2. The Hall–Kier alpha value is -3.65. The van der Waals surface area contributed by atoms with Gasteiger partial charge in [0.2, 0.25) is 0 Å². The van der Waals surface area contributed by atoms with Crippen molar-refractivity contribution in [2.75, 3.05) is 0 Å². The van der Waals surface area contributed by atoms with E-state index < -0.39 is 0 Å². The van der Waals surface area contributed by atoms with E-state index in [1.165, 1.54) is 12.1 Å². The number of hydrogen-bond acceptors (Lipinski definition) is 2. The summed E-state index contributed by atoms with van der Waals surface area (Å²) in [5, 5.41) is 5.51. The van der Waals surface area contributed by atoms with Crippen LogP contribution in [0, 0.1) is 17.7 Å². The fourth-order valence-electron chi connectivity index (χ4n) is 3.28. The lowest BCUT2D eigenvalue weighted by molar-refractivity contribution is 0.627. The third kappa shape index (κ3) is 3.21. The van der Waals surface area contributed by atoms with Gasteiger partial charge in [-0.1, -0.05) is 30.9 Å². The third-order valence-electron chi connectivity index (χ3n) is 4.62. The largest absolute Gasteiger partial charge is 0.281 e. The molecule has 5 heteroatoms. The van der Waals surface area contributed by atoms with Crippen LogP contribution in [0.15, 0.2) is 65.7 Å². The van der Waals surface area contributed by atoms with E-state index in [0.29, 0.717) is 23.1 Å². The molecule has 0 saturated heterocycles. The van der Waals surface area contributed by atoms with Crippen LogP contribution < -0.4 is 5.56 Å². The Morgan fingerprint density at radius 2 is 1.89 bits per heavy atom. The number of pyridine rings is 1. The number of aromatic nitrogens is 3. The van der Waals surface area contributed by atoms with E-state index in [4.69, 9.17) is 0 Å². The van der Waals surface area contributed by atoms with E-state index in [1.54, 1.807) is 27.6 Å². The summed E-state index contributed by atoms with van der Waals surface area (Å²) in [5.41, 5.74) is 2.78. The predicted octanol–water partition coefficient (Wildman–Crippen LogP) is 3.83. The van der Waals surface area contributed by atoms with Crippen molar-refractivity contribution in [3.05, 3.63) is 93.9 Å². The summed E-state index contributed by atoms with van der Waals surface area (Å²) in [4.78, 5) is 13.4. The van der Waals surface area contributed by atoms with Crippen LogP contribution in [0.2, 0.25) is 0 Å². The molecule has 0 radical (unpaired) electrons. The molecule has 2 aromatic carbocycles. The molecule has 28 heavy (non-hydrogen) atoms. The van der Waals surface area contributed by atoms with Gasteiger partial charge in [0.05, 0.1) is 17.1 Å². The fraction of sp³-hybridized carbons (Fsp3) is 0.130. The van der Waals surface area contributed by atoms with E-state index in [1.807, 2.05) is 44.4 Å². The van der Waals surface area contributed by atoms with Crippen molar-refractivity contribution in [1.29, 1.82) is 0 Å². The monoisotopic (exact) mass is 371 g/mol. The Bertz CT molecular complexity index is 1290. The molecule has 2 heterocycles. The normalized spacial score (nSPS) is 10.7. The Morgan fingerprint density at radius 1 is 1.11 bits per heavy atom. The molecule has 0 fully saturated rings. The molecule has 0 unspecified atom stereocenters. The van der Waals surface area contributed by atoms with E-state index in [0.717, 1.165) is 16.6 Å². The second kappa shape index (κ2) is 7.16. The summed E-state index contributed by atoms with van der Waals surface area (Å²) in [6.45, 7) is 1.99. The van der Waals surface area contributed by atoms with Crippen LogP contribution in [0.4, 0.5) is 4.39 Å². The van der Waals surface area contributed by atoms with Crippen LogP contribution in [0.5, 0.6) is 0 Å². The van der Waals surface area contributed by atoms with Crippen molar-refractivity contribution in [2.24, 2.45) is 7.05 Å². The van der Waals surface area contributed by atoms with Crippen LogP contribution in [0.1, 0.15) is 23.7 Å². The van der Waals surface area contributed by atoms with E-state index in [9.17, 15) is 9.18 Å². The Kier molecular flexibility index (Phi) is 4.54. The van der Waals surface area contributed by atoms with Gasteiger partial charge in [-0.2, -0.15) is 5.10 Å². The maximum atomic E-state index is 13.4. The van der Waals surface area contributed by atoms with Gasteiger partial charge in [-0.25, -0.2) is 4.39 Å². The fourth-order valence-corrected chi connectivity index (χ4v) is 3.28. The van der Waals surface area contributed by atoms with Crippen molar-refractivity contribution < 1.29 is 4.39 Å². The number of rotatable bonds is 2. The zero-order valence-electron chi connectivity index (χ0n) is 15.6. The second-order valence-electron chi connectivity index (χ2n) is 6.53. The van der Waals surface area contributed by atoms with Crippen LogP contribution in [0.3, 0.4) is 0 Å². The molecule has 0 atom stereocenters. The third-order valence-corrected chi connectivity index (χ3v) is 4.62. The van der Waals surface area contributed by atoms with Gasteiger partial charge in [-0.3, -0.25) is 14.0 Å². The average molecular weight is 371 g/mol. The highest BCUT2D eigenvalue weighted by molar-refractivity contribution is 5.88. The minimum Gasteiger partial charge on any atom is -0.281 e. The van der Waals surface area contributed by atoms with Gasteiger partial charge in [0.1, 0.15) is 5.82 Å². The Labute approximate surface area is 161 Å². The summed E-state index contributed by atoms with van der Waals surface area (Å²) in [6.07, 6.45) is 4.18. The van der Waals surface area contributed by atoms with E-state index in [-0.39, 0.29) is 11.4 Å². The molecule has 138 valence electrons. The topological polar surface area (TPSA) is 39.8 Å². The van der Waals surface area contributed by atoms with Gasteiger partial charge in [0.15, 0.2) is 0 Å². The second-order valence-corrected chi connectivity index (χ2v) is 6.53. The lowest BCUT2D eigenvalue weighted by Gasteiger charge is -2.14. The molecule has 2 aromatic heterocycles. The summed E-state index contributed by atoms with van der Waals surface area (Å²) in [6, 6.07) is 13.6. The van der Waals surface area contributed by atoms with Crippen molar-refractivity contribution in [1.82, 2.24) is 14.3 Å². The molecule has 0 aliphatic carbocycles. The van der Waals surface area contributed by atoms with Gasteiger partial charge in [0.25, 0.3) is 5.56 Å². The number of hydrogen-bond donors (Lipinski definition) is 0. The molecule has 4 nitrogen and oxygen atoms in total. The van der Waals surface area contributed by atoms with Crippen LogP contribution in [-0.2, 0) is 13.5 Å². The molecular weight excluding hydrogens is 353 g/mol. The molecule has 0 bridgehead atoms. The summed E-state index contributed by atoms with van der Waals surface area (Å²) in [5.74, 6) is 5.84.